The fraction of sp³-hybridized carbons (Fsp3) is 0.625. The molecule has 134 valence electrons. The van der Waals surface area contributed by atoms with Crippen molar-refractivity contribution in [1.82, 2.24) is 10.9 Å². The number of hydrogen-bond donors (Lipinski definition) is 3. The van der Waals surface area contributed by atoms with Gasteiger partial charge in [-0.15, -0.1) is 0 Å². The zero-order chi connectivity index (χ0) is 17.5. The molecule has 3 rings (SSSR count). The van der Waals surface area contributed by atoms with Gasteiger partial charge in [0.1, 0.15) is 21.6 Å². The van der Waals surface area contributed by atoms with Gasteiger partial charge >= 0.3 is 0 Å². The van der Waals surface area contributed by atoms with Crippen LogP contribution in [0.15, 0.2) is 17.0 Å². The Hall–Kier alpha value is -1.35. The Bertz CT molecular complexity index is 708. The lowest BCUT2D eigenvalue weighted by Crippen LogP contribution is -2.40. The number of nitrogens with zero attached hydrogens (tertiary/aromatic N) is 1. The van der Waals surface area contributed by atoms with Gasteiger partial charge in [0.15, 0.2) is 0 Å². The van der Waals surface area contributed by atoms with Gasteiger partial charge in [0, 0.05) is 17.6 Å². The topological polar surface area (TPSA) is 105 Å². The maximum absolute atomic E-state index is 11.5. The van der Waals surface area contributed by atoms with Crippen molar-refractivity contribution in [3.05, 3.63) is 17.7 Å². The van der Waals surface area contributed by atoms with E-state index in [0.717, 1.165) is 32.1 Å². The quantitative estimate of drug-likeness (QED) is 0.710. The van der Waals surface area contributed by atoms with E-state index in [1.807, 2.05) is 13.8 Å². The van der Waals surface area contributed by atoms with Gasteiger partial charge in [-0.2, -0.15) is 0 Å². The van der Waals surface area contributed by atoms with Gasteiger partial charge in [-0.05, 0) is 37.3 Å². The van der Waals surface area contributed by atoms with Crippen molar-refractivity contribution in [3.8, 4) is 5.75 Å². The summed E-state index contributed by atoms with van der Waals surface area (Å²) in [4.78, 5) is -0.316. The zero-order valence-corrected chi connectivity index (χ0v) is 14.8. The highest BCUT2D eigenvalue weighted by molar-refractivity contribution is 7.85. The van der Waals surface area contributed by atoms with Crippen molar-refractivity contribution >= 4 is 15.8 Å². The van der Waals surface area contributed by atoms with E-state index in [9.17, 15) is 18.1 Å². The molecule has 1 saturated heterocycles. The first-order chi connectivity index (χ1) is 11.3. The van der Waals surface area contributed by atoms with Crippen LogP contribution in [0.25, 0.3) is 0 Å². The monoisotopic (exact) mass is 354 g/mol. The Morgan fingerprint density at radius 2 is 1.88 bits per heavy atom. The summed E-state index contributed by atoms with van der Waals surface area (Å²) >= 11 is 0. The number of aromatic hydroxyl groups is 1. The van der Waals surface area contributed by atoms with E-state index in [-0.39, 0.29) is 34.3 Å². The lowest BCUT2D eigenvalue weighted by molar-refractivity contribution is 0.374. The minimum absolute atomic E-state index is 0.00963. The van der Waals surface area contributed by atoms with Gasteiger partial charge in [0.05, 0.1) is 4.90 Å². The van der Waals surface area contributed by atoms with Crippen LogP contribution < -0.4 is 16.0 Å². The second-order valence-corrected chi connectivity index (χ2v) is 8.11. The number of phenols is 1. The molecule has 0 radical (unpaired) electrons. The highest BCUT2D eigenvalue weighted by Crippen LogP contribution is 2.39. The summed E-state index contributed by atoms with van der Waals surface area (Å²) in [6.45, 7) is 3.84. The molecule has 1 heterocycles. The molecule has 1 aromatic carbocycles. The van der Waals surface area contributed by atoms with Crippen molar-refractivity contribution in [3.63, 3.8) is 0 Å². The van der Waals surface area contributed by atoms with Crippen molar-refractivity contribution in [1.29, 1.82) is 0 Å². The third-order valence-corrected chi connectivity index (χ3v) is 5.93. The molecule has 2 fully saturated rings. The molecule has 3 atom stereocenters. The van der Waals surface area contributed by atoms with Crippen LogP contribution in [0.5, 0.6) is 5.75 Å². The molecule has 0 aromatic heterocycles. The van der Waals surface area contributed by atoms with Gasteiger partial charge in [-0.3, -0.25) is 0 Å². The van der Waals surface area contributed by atoms with Gasteiger partial charge in [-0.25, -0.2) is 24.4 Å². The van der Waals surface area contributed by atoms with Gasteiger partial charge in [0.25, 0.3) is 0 Å². The van der Waals surface area contributed by atoms with Crippen molar-refractivity contribution < 1.29 is 18.1 Å². The largest absolute Gasteiger partial charge is 0.744 e. The average Bonchev–Trinajstić information content (AvgIpc) is 2.97. The van der Waals surface area contributed by atoms with Crippen LogP contribution in [-0.4, -0.2) is 30.2 Å². The highest BCUT2D eigenvalue weighted by atomic mass is 32.2. The summed E-state index contributed by atoms with van der Waals surface area (Å²) in [5.74, 6) is -0.0503. The number of phenolic OH excluding ortho intramolecular Hbond substituents is 1. The Morgan fingerprint density at radius 3 is 2.38 bits per heavy atom. The lowest BCUT2D eigenvalue weighted by Gasteiger charge is -2.24. The predicted octanol–water partition coefficient (Wildman–Crippen LogP) is 1.95. The van der Waals surface area contributed by atoms with E-state index in [2.05, 4.69) is 10.9 Å². The molecule has 2 aliphatic rings. The molecular formula is C16H24N3O4S-. The van der Waals surface area contributed by atoms with E-state index in [1.54, 1.807) is 5.12 Å². The summed E-state index contributed by atoms with van der Waals surface area (Å²) < 4.78 is 34.6. The minimum atomic E-state index is -4.61. The normalized spacial score (nSPS) is 25.5. The molecule has 1 aliphatic heterocycles. The molecule has 3 N–H and O–H groups in total. The molecule has 7 nitrogen and oxygen atoms in total. The Kier molecular flexibility index (Phi) is 4.74. The zero-order valence-electron chi connectivity index (χ0n) is 13.9. The first kappa shape index (κ1) is 17.5. The summed E-state index contributed by atoms with van der Waals surface area (Å²) in [5, 5.41) is 12.2. The Labute approximate surface area is 142 Å². The molecule has 0 bridgehead atoms. The molecule has 1 aromatic rings. The van der Waals surface area contributed by atoms with Crippen molar-refractivity contribution in [2.24, 2.45) is 0 Å². The summed E-state index contributed by atoms with van der Waals surface area (Å²) in [6, 6.07) is 3.02. The minimum Gasteiger partial charge on any atom is -0.744 e. The first-order valence-electron chi connectivity index (χ1n) is 8.46. The third kappa shape index (κ3) is 3.23. The van der Waals surface area contributed by atoms with E-state index >= 15 is 0 Å². The van der Waals surface area contributed by atoms with Gasteiger partial charge in [-0.1, -0.05) is 26.7 Å². The van der Waals surface area contributed by atoms with Gasteiger partial charge in [0.2, 0.25) is 0 Å². The molecule has 0 amide bonds. The number of anilines is 1. The van der Waals surface area contributed by atoms with Crippen LogP contribution in [0.2, 0.25) is 0 Å². The van der Waals surface area contributed by atoms with Crippen LogP contribution in [0, 0.1) is 0 Å². The average molecular weight is 354 g/mol. The molecule has 1 aliphatic carbocycles. The second-order valence-electron chi connectivity index (χ2n) is 6.73. The van der Waals surface area contributed by atoms with Crippen molar-refractivity contribution in [2.75, 3.05) is 5.12 Å². The number of hydrazine groups is 2. The highest BCUT2D eigenvalue weighted by Gasteiger charge is 2.35. The van der Waals surface area contributed by atoms with E-state index in [1.165, 1.54) is 12.1 Å². The maximum Gasteiger partial charge on any atom is 0.145 e. The summed E-state index contributed by atoms with van der Waals surface area (Å²) in [6.07, 6.45) is 5.05. The van der Waals surface area contributed by atoms with Crippen molar-refractivity contribution in [2.45, 2.75) is 68.8 Å². The SMILES string of the molecule is CCC(C)c1cc(S(=O)(=O)[O-])cc(N2NC3CCCCC3N2)c1O. The number of hydrogen-bond acceptors (Lipinski definition) is 7. The summed E-state index contributed by atoms with van der Waals surface area (Å²) in [5.41, 5.74) is 7.32. The fourth-order valence-electron chi connectivity index (χ4n) is 3.47. The molecule has 1 saturated carbocycles. The smallest absolute Gasteiger partial charge is 0.145 e. The summed E-state index contributed by atoms with van der Waals surface area (Å²) in [7, 11) is -4.61. The maximum atomic E-state index is 11.5. The molecule has 0 spiro atoms. The fourth-order valence-corrected chi connectivity index (χ4v) is 4.00. The Morgan fingerprint density at radius 1 is 1.29 bits per heavy atom. The van der Waals surface area contributed by atoms with E-state index < -0.39 is 10.1 Å². The standard InChI is InChI=1S/C16H25N3O4S/c1-3-10(2)12-8-11(24(21,22)23)9-15(16(12)20)19-17-13-6-4-5-7-14(13)18-19/h8-10,13-14,17-18,20H,3-7H2,1-2H3,(H,21,22,23)/p-1. The van der Waals surface area contributed by atoms with Crippen LogP contribution in [0.4, 0.5) is 5.69 Å². The first-order valence-corrected chi connectivity index (χ1v) is 9.87. The van der Waals surface area contributed by atoms with Gasteiger partial charge < -0.3 is 9.66 Å². The number of rotatable bonds is 4. The number of benzene rings is 1. The number of nitrogens with one attached hydrogen (secondary N) is 2. The third-order valence-electron chi connectivity index (χ3n) is 5.12. The number of fused-ring (bicyclic) bond motifs is 1. The van der Waals surface area contributed by atoms with Crippen LogP contribution in [0.3, 0.4) is 0 Å². The van der Waals surface area contributed by atoms with E-state index in [0.29, 0.717) is 5.56 Å². The Balaban J connectivity index is 2.03. The molecule has 24 heavy (non-hydrogen) atoms. The van der Waals surface area contributed by atoms with Crippen LogP contribution >= 0.6 is 0 Å². The molecular weight excluding hydrogens is 330 g/mol. The second kappa shape index (κ2) is 6.51. The van der Waals surface area contributed by atoms with Crippen LogP contribution in [-0.2, 0) is 10.1 Å². The van der Waals surface area contributed by atoms with E-state index in [4.69, 9.17) is 0 Å². The van der Waals surface area contributed by atoms with Crippen LogP contribution in [0.1, 0.15) is 57.4 Å². The molecule has 3 unspecified atom stereocenters. The predicted molar refractivity (Wildman–Crippen MR) is 89.6 cm³/mol. The molecule has 8 heteroatoms. The lowest BCUT2D eigenvalue weighted by atomic mass is 9.92.